The summed E-state index contributed by atoms with van der Waals surface area (Å²) in [4.78, 5) is 3.87. The molecule has 1 heterocycles. The van der Waals surface area contributed by atoms with Crippen molar-refractivity contribution in [1.82, 2.24) is 9.36 Å². The summed E-state index contributed by atoms with van der Waals surface area (Å²) < 4.78 is 29.5. The maximum Gasteiger partial charge on any atom is 0.264 e. The largest absolute Gasteiger partial charge is 0.374 e. The van der Waals surface area contributed by atoms with E-state index in [0.29, 0.717) is 0 Å². The Bertz CT molecular complexity index is 579. The summed E-state index contributed by atoms with van der Waals surface area (Å²) in [5.74, 6) is -0.00801. The predicted molar refractivity (Wildman–Crippen MR) is 61.6 cm³/mol. The molecule has 16 heavy (non-hydrogen) atoms. The Hall–Kier alpha value is -1.67. The smallest absolute Gasteiger partial charge is 0.264 e. The molecule has 2 rings (SSSR count). The van der Waals surface area contributed by atoms with E-state index in [4.69, 9.17) is 5.73 Å². The molecule has 3 N–H and O–H groups in total. The van der Waals surface area contributed by atoms with Crippen molar-refractivity contribution < 1.29 is 8.42 Å². The third-order valence-electron chi connectivity index (χ3n) is 1.72. The quantitative estimate of drug-likeness (QED) is 0.851. The van der Waals surface area contributed by atoms with Crippen molar-refractivity contribution in [3.63, 3.8) is 0 Å². The van der Waals surface area contributed by atoms with Crippen LogP contribution in [0, 0.1) is 0 Å². The number of hydrogen-bond donors (Lipinski definition) is 2. The van der Waals surface area contributed by atoms with Gasteiger partial charge in [-0.1, -0.05) is 18.2 Å². The number of rotatable bonds is 3. The van der Waals surface area contributed by atoms with Gasteiger partial charge >= 0.3 is 0 Å². The second-order valence-corrected chi connectivity index (χ2v) is 5.34. The Labute approximate surface area is 96.4 Å². The van der Waals surface area contributed by atoms with Crippen molar-refractivity contribution in [2.75, 3.05) is 10.5 Å². The van der Waals surface area contributed by atoms with E-state index in [1.165, 1.54) is 12.1 Å². The lowest BCUT2D eigenvalue weighted by molar-refractivity contribution is 0.601. The van der Waals surface area contributed by atoms with Crippen LogP contribution in [0.4, 0.5) is 11.1 Å². The molecular formula is C8H8N4O2S2. The minimum Gasteiger partial charge on any atom is -0.374 e. The first-order valence-corrected chi connectivity index (χ1v) is 6.51. The molecule has 0 atom stereocenters. The van der Waals surface area contributed by atoms with Gasteiger partial charge in [-0.15, -0.1) is 0 Å². The van der Waals surface area contributed by atoms with Crippen LogP contribution in [-0.2, 0) is 10.0 Å². The molecule has 0 aliphatic heterocycles. The molecule has 0 saturated heterocycles. The first kappa shape index (κ1) is 10.8. The van der Waals surface area contributed by atoms with E-state index in [9.17, 15) is 8.42 Å². The Morgan fingerprint density at radius 2 is 1.94 bits per heavy atom. The number of anilines is 2. The molecule has 0 aliphatic carbocycles. The SMILES string of the molecule is Nc1nc(NS(=O)(=O)c2ccccc2)ns1. The number of nitrogens with zero attached hydrogens (tertiary/aromatic N) is 2. The van der Waals surface area contributed by atoms with Gasteiger partial charge in [0.1, 0.15) is 0 Å². The van der Waals surface area contributed by atoms with Crippen molar-refractivity contribution in [3.05, 3.63) is 30.3 Å². The first-order valence-electron chi connectivity index (χ1n) is 4.25. The summed E-state index contributed by atoms with van der Waals surface area (Å²) in [7, 11) is -3.62. The molecule has 0 saturated carbocycles. The van der Waals surface area contributed by atoms with Crippen molar-refractivity contribution in [1.29, 1.82) is 0 Å². The number of benzene rings is 1. The maximum atomic E-state index is 11.8. The van der Waals surface area contributed by atoms with Crippen molar-refractivity contribution >= 4 is 32.6 Å². The van der Waals surface area contributed by atoms with E-state index in [-0.39, 0.29) is 16.0 Å². The van der Waals surface area contributed by atoms with E-state index in [1.807, 2.05) is 0 Å². The number of sulfonamides is 1. The molecule has 0 radical (unpaired) electrons. The maximum absolute atomic E-state index is 11.8. The van der Waals surface area contributed by atoms with Gasteiger partial charge in [-0.25, -0.2) is 13.1 Å². The highest BCUT2D eigenvalue weighted by molar-refractivity contribution is 7.92. The Morgan fingerprint density at radius 1 is 1.25 bits per heavy atom. The van der Waals surface area contributed by atoms with Crippen molar-refractivity contribution in [3.8, 4) is 0 Å². The molecule has 0 fully saturated rings. The van der Waals surface area contributed by atoms with E-state index in [2.05, 4.69) is 14.1 Å². The molecule has 2 aromatic rings. The van der Waals surface area contributed by atoms with Gasteiger partial charge in [-0.2, -0.15) is 9.36 Å². The molecule has 6 nitrogen and oxygen atoms in total. The monoisotopic (exact) mass is 256 g/mol. The van der Waals surface area contributed by atoms with Crippen LogP contribution in [0.5, 0.6) is 0 Å². The van der Waals surface area contributed by atoms with Crippen LogP contribution in [0.1, 0.15) is 0 Å². The molecule has 0 spiro atoms. The Kier molecular flexibility index (Phi) is 2.75. The molecule has 1 aromatic heterocycles. The first-order chi connectivity index (χ1) is 7.58. The second-order valence-electron chi connectivity index (χ2n) is 2.87. The van der Waals surface area contributed by atoms with E-state index in [0.717, 1.165) is 11.5 Å². The van der Waals surface area contributed by atoms with Crippen molar-refractivity contribution in [2.45, 2.75) is 4.90 Å². The lowest BCUT2D eigenvalue weighted by Crippen LogP contribution is -2.13. The van der Waals surface area contributed by atoms with Crippen LogP contribution in [0.2, 0.25) is 0 Å². The highest BCUT2D eigenvalue weighted by atomic mass is 32.2. The summed E-state index contributed by atoms with van der Waals surface area (Å²) in [6.45, 7) is 0. The van der Waals surface area contributed by atoms with Crippen LogP contribution < -0.4 is 10.5 Å². The normalized spacial score (nSPS) is 11.2. The van der Waals surface area contributed by atoms with Crippen LogP contribution >= 0.6 is 11.5 Å². The van der Waals surface area contributed by atoms with Crippen LogP contribution in [0.25, 0.3) is 0 Å². The van der Waals surface area contributed by atoms with Gasteiger partial charge in [0, 0.05) is 11.5 Å². The van der Waals surface area contributed by atoms with Crippen molar-refractivity contribution in [2.24, 2.45) is 0 Å². The molecule has 0 amide bonds. The average Bonchev–Trinajstić information content (AvgIpc) is 2.64. The van der Waals surface area contributed by atoms with Gasteiger partial charge in [-0.05, 0) is 12.1 Å². The fraction of sp³-hybridized carbons (Fsp3) is 0. The minimum absolute atomic E-state index is 0.00801. The third-order valence-corrected chi connectivity index (χ3v) is 3.61. The number of nitrogen functional groups attached to an aromatic ring is 1. The zero-order valence-electron chi connectivity index (χ0n) is 7.99. The molecule has 8 heteroatoms. The summed E-state index contributed by atoms with van der Waals surface area (Å²) in [6, 6.07) is 7.98. The van der Waals surface area contributed by atoms with Gasteiger partial charge < -0.3 is 5.73 Å². The fourth-order valence-electron chi connectivity index (χ4n) is 1.06. The van der Waals surface area contributed by atoms with Crippen LogP contribution in [0.3, 0.4) is 0 Å². The fourth-order valence-corrected chi connectivity index (χ4v) is 2.47. The lowest BCUT2D eigenvalue weighted by atomic mass is 10.4. The molecule has 0 unspecified atom stereocenters. The van der Waals surface area contributed by atoms with Crippen LogP contribution in [0.15, 0.2) is 35.2 Å². The highest BCUT2D eigenvalue weighted by Gasteiger charge is 2.15. The highest BCUT2D eigenvalue weighted by Crippen LogP contribution is 2.15. The zero-order valence-corrected chi connectivity index (χ0v) is 9.62. The summed E-state index contributed by atoms with van der Waals surface area (Å²) >= 11 is 0.930. The molecular weight excluding hydrogens is 248 g/mol. The molecule has 0 aliphatic rings. The summed E-state index contributed by atoms with van der Waals surface area (Å²) in [5, 5.41) is 0.214. The standard InChI is InChI=1S/C8H8N4O2S2/c9-7-10-8(11-15-7)12-16(13,14)6-4-2-1-3-5-6/h1-5H,(H3,9,10,11,12). The van der Waals surface area contributed by atoms with E-state index >= 15 is 0 Å². The average molecular weight is 256 g/mol. The number of nitrogens with one attached hydrogen (secondary N) is 1. The summed E-state index contributed by atoms with van der Waals surface area (Å²) in [5.41, 5.74) is 5.35. The van der Waals surface area contributed by atoms with Crippen LogP contribution in [-0.4, -0.2) is 17.8 Å². The topological polar surface area (TPSA) is 98.0 Å². The summed E-state index contributed by atoms with van der Waals surface area (Å²) in [6.07, 6.45) is 0. The number of nitrogens with two attached hydrogens (primary N) is 1. The molecule has 84 valence electrons. The Balaban J connectivity index is 2.28. The molecule has 1 aromatic carbocycles. The minimum atomic E-state index is -3.62. The van der Waals surface area contributed by atoms with Gasteiger partial charge in [0.2, 0.25) is 5.13 Å². The predicted octanol–water partition coefficient (Wildman–Crippen LogP) is 0.921. The zero-order chi connectivity index (χ0) is 11.6. The molecule has 0 bridgehead atoms. The van der Waals surface area contributed by atoms with Gasteiger partial charge in [0.05, 0.1) is 4.90 Å². The second kappa shape index (κ2) is 4.06. The lowest BCUT2D eigenvalue weighted by Gasteiger charge is -2.03. The number of hydrogen-bond acceptors (Lipinski definition) is 6. The third kappa shape index (κ3) is 2.28. The van der Waals surface area contributed by atoms with Gasteiger partial charge in [-0.3, -0.25) is 0 Å². The van der Waals surface area contributed by atoms with Gasteiger partial charge in [0.25, 0.3) is 16.0 Å². The van der Waals surface area contributed by atoms with E-state index < -0.39 is 10.0 Å². The Morgan fingerprint density at radius 3 is 2.50 bits per heavy atom. The van der Waals surface area contributed by atoms with E-state index in [1.54, 1.807) is 18.2 Å². The van der Waals surface area contributed by atoms with Gasteiger partial charge in [0.15, 0.2) is 0 Å². The number of aromatic nitrogens is 2.